The van der Waals surface area contributed by atoms with Crippen molar-refractivity contribution in [2.75, 3.05) is 12.4 Å². The summed E-state index contributed by atoms with van der Waals surface area (Å²) in [6, 6.07) is 0. The molecular weight excluding hydrogens is 187 g/mol. The largest absolute Gasteiger partial charge is 0.770 e. The molecule has 11 heavy (non-hydrogen) atoms. The molecule has 0 saturated heterocycles. The molecule has 0 fully saturated rings. The highest BCUT2D eigenvalue weighted by atomic mass is 32.7. The van der Waals surface area contributed by atoms with Gasteiger partial charge in [-0.15, -0.1) is 0 Å². The SMILES string of the molecule is C/C(=C\CSP(=O)([O-])O)CO. The normalized spacial score (nSPS) is 18.0. The summed E-state index contributed by atoms with van der Waals surface area (Å²) < 4.78 is 10.2. The van der Waals surface area contributed by atoms with Crippen molar-refractivity contribution in [3.05, 3.63) is 11.6 Å². The topological polar surface area (TPSA) is 80.6 Å². The molecule has 66 valence electrons. The quantitative estimate of drug-likeness (QED) is 0.494. The van der Waals surface area contributed by atoms with Gasteiger partial charge in [0.05, 0.1) is 6.61 Å². The zero-order chi connectivity index (χ0) is 8.91. The number of hydrogen-bond acceptors (Lipinski definition) is 4. The predicted octanol–water partition coefficient (Wildman–Crippen LogP) is 0.119. The highest BCUT2D eigenvalue weighted by Crippen LogP contribution is 2.45. The molecule has 0 aliphatic heterocycles. The molecule has 0 aliphatic rings. The minimum Gasteiger partial charge on any atom is -0.770 e. The molecular formula is C5H10O4PS-. The first-order valence-corrected chi connectivity index (χ1v) is 6.07. The Morgan fingerprint density at radius 1 is 1.82 bits per heavy atom. The Labute approximate surface area is 69.2 Å². The third kappa shape index (κ3) is 8.10. The highest BCUT2D eigenvalue weighted by molar-refractivity contribution is 8.54. The number of aliphatic hydroxyl groups is 1. The second-order valence-electron chi connectivity index (χ2n) is 1.97. The van der Waals surface area contributed by atoms with Crippen LogP contribution in [0.2, 0.25) is 0 Å². The van der Waals surface area contributed by atoms with Crippen molar-refractivity contribution < 1.29 is 19.5 Å². The lowest BCUT2D eigenvalue weighted by Gasteiger charge is -2.12. The molecule has 0 aromatic carbocycles. The van der Waals surface area contributed by atoms with E-state index in [9.17, 15) is 9.46 Å². The summed E-state index contributed by atoms with van der Waals surface area (Å²) in [5.41, 5.74) is 0.686. The standard InChI is InChI=1S/C5H11O4PS/c1-5(4-6)2-3-11-10(7,8)9/h2,6H,3-4H2,1H3,(H2,7,8,9)/p-1/b5-2+. The van der Waals surface area contributed by atoms with Crippen molar-refractivity contribution in [3.63, 3.8) is 0 Å². The van der Waals surface area contributed by atoms with Gasteiger partial charge in [0.25, 0.3) is 0 Å². The van der Waals surface area contributed by atoms with E-state index in [0.717, 1.165) is 0 Å². The fourth-order valence-corrected chi connectivity index (χ4v) is 1.67. The molecule has 6 heteroatoms. The van der Waals surface area contributed by atoms with Gasteiger partial charge in [-0.3, -0.25) is 4.57 Å². The maximum Gasteiger partial charge on any atom is 0.189 e. The zero-order valence-electron chi connectivity index (χ0n) is 6.06. The maximum absolute atomic E-state index is 10.2. The Balaban J connectivity index is 3.66. The zero-order valence-corrected chi connectivity index (χ0v) is 7.77. The first-order chi connectivity index (χ1) is 4.95. The van der Waals surface area contributed by atoms with Crippen LogP contribution >= 0.6 is 18.2 Å². The van der Waals surface area contributed by atoms with Crippen LogP contribution in [0.1, 0.15) is 6.92 Å². The van der Waals surface area contributed by atoms with E-state index in [1.807, 2.05) is 0 Å². The number of aliphatic hydroxyl groups excluding tert-OH is 1. The second kappa shape index (κ2) is 4.95. The molecule has 0 aromatic heterocycles. The van der Waals surface area contributed by atoms with E-state index in [1.54, 1.807) is 13.0 Å². The molecule has 0 rings (SSSR count). The van der Waals surface area contributed by atoms with Gasteiger partial charge in [-0.25, -0.2) is 0 Å². The van der Waals surface area contributed by atoms with E-state index in [0.29, 0.717) is 17.0 Å². The van der Waals surface area contributed by atoms with E-state index in [4.69, 9.17) is 10.00 Å². The van der Waals surface area contributed by atoms with Crippen LogP contribution in [-0.2, 0) is 4.57 Å². The molecule has 2 N–H and O–H groups in total. The molecule has 0 bridgehead atoms. The molecule has 0 radical (unpaired) electrons. The summed E-state index contributed by atoms with van der Waals surface area (Å²) in [4.78, 5) is 18.4. The van der Waals surface area contributed by atoms with Crippen LogP contribution in [0.5, 0.6) is 0 Å². The lowest BCUT2D eigenvalue weighted by molar-refractivity contribution is -0.184. The first kappa shape index (κ1) is 11.2. The summed E-state index contributed by atoms with van der Waals surface area (Å²) in [7, 11) is 0. The third-order valence-electron chi connectivity index (χ3n) is 0.919. The van der Waals surface area contributed by atoms with E-state index in [2.05, 4.69) is 0 Å². The van der Waals surface area contributed by atoms with Gasteiger partial charge in [0, 0.05) is 5.75 Å². The molecule has 1 atom stereocenters. The van der Waals surface area contributed by atoms with Gasteiger partial charge in [0.1, 0.15) is 0 Å². The average molecular weight is 197 g/mol. The van der Waals surface area contributed by atoms with Gasteiger partial charge in [0.15, 0.2) is 6.80 Å². The second-order valence-corrected chi connectivity index (χ2v) is 5.66. The molecule has 4 nitrogen and oxygen atoms in total. The number of hydrogen-bond donors (Lipinski definition) is 2. The minimum absolute atomic E-state index is 0.0881. The molecule has 0 aliphatic carbocycles. The average Bonchev–Trinajstić information content (AvgIpc) is 1.85. The van der Waals surface area contributed by atoms with Crippen LogP contribution in [-0.4, -0.2) is 22.4 Å². The van der Waals surface area contributed by atoms with Gasteiger partial charge in [0.2, 0.25) is 0 Å². The lowest BCUT2D eigenvalue weighted by Crippen LogP contribution is -1.95. The summed E-state index contributed by atoms with van der Waals surface area (Å²) in [5.74, 6) is 0.170. The fraction of sp³-hybridized carbons (Fsp3) is 0.600. The van der Waals surface area contributed by atoms with Crippen molar-refractivity contribution in [1.82, 2.24) is 0 Å². The molecule has 0 saturated carbocycles. The summed E-state index contributed by atoms with van der Waals surface area (Å²) in [6.07, 6.45) is 1.55. The Hall–Kier alpha value is 0.200. The van der Waals surface area contributed by atoms with Gasteiger partial charge in [-0.1, -0.05) is 23.0 Å². The third-order valence-corrected chi connectivity index (χ3v) is 2.99. The van der Waals surface area contributed by atoms with Crippen molar-refractivity contribution in [1.29, 1.82) is 0 Å². The van der Waals surface area contributed by atoms with Crippen LogP contribution in [0.15, 0.2) is 11.6 Å². The fourth-order valence-electron chi connectivity index (χ4n) is 0.338. The van der Waals surface area contributed by atoms with Crippen LogP contribution in [0.25, 0.3) is 0 Å². The van der Waals surface area contributed by atoms with Crippen LogP contribution < -0.4 is 4.89 Å². The summed E-state index contributed by atoms with van der Waals surface area (Å²) in [5, 5.41) is 8.48. The molecule has 0 spiro atoms. The Kier molecular flexibility index (Phi) is 5.04. The summed E-state index contributed by atoms with van der Waals surface area (Å²) in [6.45, 7) is -2.61. The summed E-state index contributed by atoms with van der Waals surface area (Å²) >= 11 is 0.445. The van der Waals surface area contributed by atoms with Crippen LogP contribution in [0.3, 0.4) is 0 Å². The van der Waals surface area contributed by atoms with E-state index in [1.165, 1.54) is 0 Å². The van der Waals surface area contributed by atoms with Crippen molar-refractivity contribution in [3.8, 4) is 0 Å². The van der Waals surface area contributed by atoms with Crippen LogP contribution in [0, 0.1) is 0 Å². The molecule has 0 heterocycles. The van der Waals surface area contributed by atoms with Gasteiger partial charge < -0.3 is 14.9 Å². The van der Waals surface area contributed by atoms with Gasteiger partial charge >= 0.3 is 0 Å². The smallest absolute Gasteiger partial charge is 0.189 e. The monoisotopic (exact) mass is 197 g/mol. The predicted molar refractivity (Wildman–Crippen MR) is 43.1 cm³/mol. The Morgan fingerprint density at radius 3 is 2.73 bits per heavy atom. The Morgan fingerprint density at radius 2 is 2.36 bits per heavy atom. The molecule has 0 amide bonds. The maximum atomic E-state index is 10.2. The van der Waals surface area contributed by atoms with Crippen molar-refractivity contribution >= 4 is 18.2 Å². The van der Waals surface area contributed by atoms with E-state index in [-0.39, 0.29) is 12.4 Å². The van der Waals surface area contributed by atoms with Crippen LogP contribution in [0.4, 0.5) is 0 Å². The minimum atomic E-state index is -4.19. The number of rotatable bonds is 4. The van der Waals surface area contributed by atoms with Crippen molar-refractivity contribution in [2.24, 2.45) is 0 Å². The Bertz CT molecular complexity index is 185. The van der Waals surface area contributed by atoms with Gasteiger partial charge in [-0.2, -0.15) is 0 Å². The van der Waals surface area contributed by atoms with Crippen molar-refractivity contribution in [2.45, 2.75) is 6.92 Å². The first-order valence-electron chi connectivity index (χ1n) is 2.90. The van der Waals surface area contributed by atoms with E-state index >= 15 is 0 Å². The highest BCUT2D eigenvalue weighted by Gasteiger charge is 1.99. The van der Waals surface area contributed by atoms with Gasteiger partial charge in [-0.05, 0) is 6.92 Å². The molecule has 0 aromatic rings. The van der Waals surface area contributed by atoms with E-state index < -0.39 is 6.80 Å². The lowest BCUT2D eigenvalue weighted by atomic mass is 10.3. The molecule has 1 unspecified atom stereocenters.